The van der Waals surface area contributed by atoms with E-state index in [0.29, 0.717) is 10.7 Å². The molecular weight excluding hydrogens is 302 g/mol. The number of nitrogens with one attached hydrogen (secondary N) is 1. The SMILES string of the molecule is CC(C)(C)C(O)CNC(=O)c1ccn(-c2ccccc2Cl)n1. The Balaban J connectivity index is 2.06. The molecule has 0 radical (unpaired) electrons. The van der Waals surface area contributed by atoms with Crippen LogP contribution in [0.3, 0.4) is 0 Å². The van der Waals surface area contributed by atoms with E-state index in [2.05, 4.69) is 10.4 Å². The first-order chi connectivity index (χ1) is 10.3. The van der Waals surface area contributed by atoms with Crippen molar-refractivity contribution in [3.05, 3.63) is 47.2 Å². The molecule has 6 heteroatoms. The minimum absolute atomic E-state index is 0.182. The Morgan fingerprint density at radius 2 is 2.05 bits per heavy atom. The van der Waals surface area contributed by atoms with Crippen LogP contribution >= 0.6 is 11.6 Å². The average Bonchev–Trinajstić information content (AvgIpc) is 2.93. The lowest BCUT2D eigenvalue weighted by atomic mass is 9.89. The lowest BCUT2D eigenvalue weighted by Gasteiger charge is -2.25. The number of nitrogens with zero attached hydrogens (tertiary/aromatic N) is 2. The van der Waals surface area contributed by atoms with Crippen molar-refractivity contribution >= 4 is 17.5 Å². The second kappa shape index (κ2) is 6.50. The molecule has 118 valence electrons. The maximum absolute atomic E-state index is 12.1. The molecule has 0 saturated heterocycles. The molecule has 0 spiro atoms. The van der Waals surface area contributed by atoms with Crippen LogP contribution in [0.25, 0.3) is 5.69 Å². The fourth-order valence-corrected chi connectivity index (χ4v) is 2.03. The Labute approximate surface area is 134 Å². The topological polar surface area (TPSA) is 67.2 Å². The van der Waals surface area contributed by atoms with Crippen LogP contribution in [-0.2, 0) is 0 Å². The van der Waals surface area contributed by atoms with Gasteiger partial charge in [0, 0.05) is 12.7 Å². The summed E-state index contributed by atoms with van der Waals surface area (Å²) < 4.78 is 1.55. The van der Waals surface area contributed by atoms with E-state index in [9.17, 15) is 9.90 Å². The summed E-state index contributed by atoms with van der Waals surface area (Å²) in [7, 11) is 0. The number of rotatable bonds is 4. The maximum Gasteiger partial charge on any atom is 0.271 e. The van der Waals surface area contributed by atoms with E-state index >= 15 is 0 Å². The quantitative estimate of drug-likeness (QED) is 0.909. The third-order valence-electron chi connectivity index (χ3n) is 3.38. The number of hydrogen-bond acceptors (Lipinski definition) is 3. The van der Waals surface area contributed by atoms with Gasteiger partial charge in [-0.1, -0.05) is 44.5 Å². The molecule has 0 bridgehead atoms. The minimum atomic E-state index is -0.623. The number of carbonyl (C=O) groups excluding carboxylic acids is 1. The Morgan fingerprint density at radius 1 is 1.36 bits per heavy atom. The van der Waals surface area contributed by atoms with E-state index in [1.807, 2.05) is 39.0 Å². The van der Waals surface area contributed by atoms with Crippen molar-refractivity contribution in [1.29, 1.82) is 0 Å². The van der Waals surface area contributed by atoms with Gasteiger partial charge in [-0.3, -0.25) is 4.79 Å². The Kier molecular flexibility index (Phi) is 4.88. The van der Waals surface area contributed by atoms with Gasteiger partial charge in [-0.15, -0.1) is 0 Å². The molecule has 1 unspecified atom stereocenters. The van der Waals surface area contributed by atoms with Gasteiger partial charge in [-0.2, -0.15) is 5.10 Å². The molecule has 2 rings (SSSR count). The van der Waals surface area contributed by atoms with E-state index in [4.69, 9.17) is 11.6 Å². The van der Waals surface area contributed by atoms with Gasteiger partial charge in [0.1, 0.15) is 0 Å². The summed E-state index contributed by atoms with van der Waals surface area (Å²) in [5.74, 6) is -0.325. The van der Waals surface area contributed by atoms with Crippen molar-refractivity contribution in [2.45, 2.75) is 26.9 Å². The van der Waals surface area contributed by atoms with Crippen LogP contribution in [0, 0.1) is 5.41 Å². The normalized spacial score (nSPS) is 13.0. The van der Waals surface area contributed by atoms with Crippen molar-refractivity contribution in [2.24, 2.45) is 5.41 Å². The van der Waals surface area contributed by atoms with Crippen LogP contribution in [0.1, 0.15) is 31.3 Å². The van der Waals surface area contributed by atoms with Gasteiger partial charge in [0.2, 0.25) is 0 Å². The van der Waals surface area contributed by atoms with Crippen molar-refractivity contribution in [2.75, 3.05) is 6.54 Å². The molecule has 0 fully saturated rings. The van der Waals surface area contributed by atoms with Crippen LogP contribution in [0.5, 0.6) is 0 Å². The van der Waals surface area contributed by atoms with E-state index in [-0.39, 0.29) is 23.6 Å². The smallest absolute Gasteiger partial charge is 0.271 e. The highest BCUT2D eigenvalue weighted by molar-refractivity contribution is 6.32. The molecule has 1 atom stereocenters. The first kappa shape index (κ1) is 16.5. The molecule has 0 saturated carbocycles. The lowest BCUT2D eigenvalue weighted by molar-refractivity contribution is 0.0585. The maximum atomic E-state index is 12.1. The number of para-hydroxylation sites is 1. The largest absolute Gasteiger partial charge is 0.391 e. The van der Waals surface area contributed by atoms with Crippen molar-refractivity contribution in [3.8, 4) is 5.69 Å². The first-order valence-corrected chi connectivity index (χ1v) is 7.43. The van der Waals surface area contributed by atoms with Crippen LogP contribution in [-0.4, -0.2) is 33.4 Å². The Hall–Kier alpha value is -1.85. The van der Waals surface area contributed by atoms with Gasteiger partial charge in [0.05, 0.1) is 16.8 Å². The van der Waals surface area contributed by atoms with Gasteiger partial charge in [0.15, 0.2) is 5.69 Å². The summed E-state index contributed by atoms with van der Waals surface area (Å²) in [4.78, 5) is 12.1. The standard InChI is InChI=1S/C16H20ClN3O2/c1-16(2,3)14(21)10-18-15(22)12-8-9-20(19-12)13-7-5-4-6-11(13)17/h4-9,14,21H,10H2,1-3H3,(H,18,22). The van der Waals surface area contributed by atoms with E-state index < -0.39 is 6.10 Å². The van der Waals surface area contributed by atoms with Crippen LogP contribution < -0.4 is 5.32 Å². The number of amides is 1. The number of aliphatic hydroxyl groups excluding tert-OH is 1. The zero-order chi connectivity index (χ0) is 16.3. The van der Waals surface area contributed by atoms with Crippen LogP contribution in [0.4, 0.5) is 0 Å². The molecule has 1 heterocycles. The van der Waals surface area contributed by atoms with Gasteiger partial charge in [-0.25, -0.2) is 4.68 Å². The molecule has 1 amide bonds. The van der Waals surface area contributed by atoms with Gasteiger partial charge >= 0.3 is 0 Å². The summed E-state index contributed by atoms with van der Waals surface area (Å²) in [6, 6.07) is 8.87. The van der Waals surface area contributed by atoms with Gasteiger partial charge in [0.25, 0.3) is 5.91 Å². The summed E-state index contributed by atoms with van der Waals surface area (Å²) in [6.45, 7) is 5.92. The van der Waals surface area contributed by atoms with Crippen molar-refractivity contribution in [1.82, 2.24) is 15.1 Å². The Bertz CT molecular complexity index is 661. The third-order valence-corrected chi connectivity index (χ3v) is 3.70. The second-order valence-electron chi connectivity index (χ2n) is 6.19. The monoisotopic (exact) mass is 321 g/mol. The predicted octanol–water partition coefficient (Wildman–Crippen LogP) is 2.66. The zero-order valence-corrected chi connectivity index (χ0v) is 13.6. The summed E-state index contributed by atoms with van der Waals surface area (Å²) in [5.41, 5.74) is 0.698. The Morgan fingerprint density at radius 3 is 2.68 bits per heavy atom. The molecule has 0 aliphatic carbocycles. The summed E-state index contributed by atoms with van der Waals surface area (Å²) in [6.07, 6.45) is 1.05. The molecule has 1 aromatic carbocycles. The van der Waals surface area contributed by atoms with Gasteiger partial charge in [-0.05, 0) is 23.6 Å². The van der Waals surface area contributed by atoms with Crippen molar-refractivity contribution in [3.63, 3.8) is 0 Å². The number of benzene rings is 1. The first-order valence-electron chi connectivity index (χ1n) is 7.06. The summed E-state index contributed by atoms with van der Waals surface area (Å²) >= 11 is 6.11. The summed E-state index contributed by atoms with van der Waals surface area (Å²) in [5, 5.41) is 17.4. The number of aliphatic hydroxyl groups is 1. The van der Waals surface area contributed by atoms with Gasteiger partial charge < -0.3 is 10.4 Å². The van der Waals surface area contributed by atoms with Crippen LogP contribution in [0.2, 0.25) is 5.02 Å². The molecule has 5 nitrogen and oxygen atoms in total. The minimum Gasteiger partial charge on any atom is -0.391 e. The van der Waals surface area contributed by atoms with E-state index in [0.717, 1.165) is 0 Å². The lowest BCUT2D eigenvalue weighted by Crippen LogP contribution is -2.39. The number of halogens is 1. The molecule has 22 heavy (non-hydrogen) atoms. The predicted molar refractivity (Wildman–Crippen MR) is 86.4 cm³/mol. The molecule has 1 aromatic heterocycles. The van der Waals surface area contributed by atoms with E-state index in [1.54, 1.807) is 23.0 Å². The number of aromatic nitrogens is 2. The fourth-order valence-electron chi connectivity index (χ4n) is 1.80. The molecule has 2 aromatic rings. The molecule has 0 aliphatic heterocycles. The number of hydrogen-bond donors (Lipinski definition) is 2. The second-order valence-corrected chi connectivity index (χ2v) is 6.60. The van der Waals surface area contributed by atoms with Crippen molar-refractivity contribution < 1.29 is 9.90 Å². The highest BCUT2D eigenvalue weighted by Gasteiger charge is 2.23. The third kappa shape index (κ3) is 3.87. The van der Waals surface area contributed by atoms with E-state index in [1.165, 1.54) is 0 Å². The molecular formula is C16H20ClN3O2. The average molecular weight is 322 g/mol. The molecule has 2 N–H and O–H groups in total. The highest BCUT2D eigenvalue weighted by Crippen LogP contribution is 2.19. The highest BCUT2D eigenvalue weighted by atomic mass is 35.5. The number of carbonyl (C=O) groups is 1. The van der Waals surface area contributed by atoms with Crippen LogP contribution in [0.15, 0.2) is 36.5 Å². The fraction of sp³-hybridized carbons (Fsp3) is 0.375. The zero-order valence-electron chi connectivity index (χ0n) is 12.9. The molecule has 0 aliphatic rings.